The summed E-state index contributed by atoms with van der Waals surface area (Å²) in [6.07, 6.45) is 12.2. The molecule has 1 unspecified atom stereocenters. The lowest BCUT2D eigenvalue weighted by molar-refractivity contribution is -0.00737. The van der Waals surface area contributed by atoms with Crippen LogP contribution in [0.1, 0.15) is 57.9 Å². The molecule has 0 radical (unpaired) electrons. The van der Waals surface area contributed by atoms with Crippen LogP contribution in [0.5, 0.6) is 0 Å². The molecule has 1 aromatic heterocycles. The third-order valence-electron chi connectivity index (χ3n) is 5.81. The summed E-state index contributed by atoms with van der Waals surface area (Å²) in [4.78, 5) is 2.71. The van der Waals surface area contributed by atoms with Gasteiger partial charge in [-0.2, -0.15) is 5.10 Å². The molecule has 118 valence electrons. The van der Waals surface area contributed by atoms with Crippen molar-refractivity contribution >= 4 is 0 Å². The predicted molar refractivity (Wildman–Crippen MR) is 86.1 cm³/mol. The maximum Gasteiger partial charge on any atom is 0.0534 e. The van der Waals surface area contributed by atoms with Crippen LogP contribution < -0.4 is 5.32 Å². The Morgan fingerprint density at radius 3 is 2.67 bits per heavy atom. The molecule has 21 heavy (non-hydrogen) atoms. The molecule has 2 fully saturated rings. The van der Waals surface area contributed by atoms with Gasteiger partial charge >= 0.3 is 0 Å². The van der Waals surface area contributed by atoms with E-state index in [1.165, 1.54) is 50.6 Å². The van der Waals surface area contributed by atoms with E-state index in [4.69, 9.17) is 0 Å². The van der Waals surface area contributed by atoms with Gasteiger partial charge in [0.05, 0.1) is 6.20 Å². The van der Waals surface area contributed by atoms with E-state index >= 15 is 0 Å². The third kappa shape index (κ3) is 3.02. The lowest BCUT2D eigenvalue weighted by atomic mass is 9.77. The minimum Gasteiger partial charge on any atom is -0.308 e. The average molecular weight is 290 g/mol. The van der Waals surface area contributed by atoms with Gasteiger partial charge in [0.15, 0.2) is 0 Å². The molecule has 1 aliphatic heterocycles. The number of piperazine rings is 1. The van der Waals surface area contributed by atoms with E-state index < -0.39 is 0 Å². The molecule has 0 aromatic carbocycles. The first kappa shape index (κ1) is 15.0. The maximum atomic E-state index is 4.33. The average Bonchev–Trinajstić information content (AvgIpc) is 2.90. The summed E-state index contributed by atoms with van der Waals surface area (Å²) in [5.74, 6) is 0. The molecular formula is C17H30N4. The van der Waals surface area contributed by atoms with Crippen LogP contribution in [0.25, 0.3) is 0 Å². The van der Waals surface area contributed by atoms with Crippen molar-refractivity contribution in [1.29, 1.82) is 0 Å². The van der Waals surface area contributed by atoms with Crippen molar-refractivity contribution in [2.24, 2.45) is 7.05 Å². The first-order chi connectivity index (χ1) is 10.1. The standard InChI is InChI=1S/C17H30N4/c1-4-16(2)13-18-17(8-6-5-7-9-17)14-21(16)12-15-10-19-20(3)11-15/h10-11,18H,4-9,12-14H2,1-3H3. The van der Waals surface area contributed by atoms with Crippen LogP contribution >= 0.6 is 0 Å². The Morgan fingerprint density at radius 2 is 2.05 bits per heavy atom. The highest BCUT2D eigenvalue weighted by molar-refractivity contribution is 5.09. The highest BCUT2D eigenvalue weighted by atomic mass is 15.3. The summed E-state index contributed by atoms with van der Waals surface area (Å²) in [5, 5.41) is 8.27. The summed E-state index contributed by atoms with van der Waals surface area (Å²) in [5.41, 5.74) is 1.97. The molecule has 1 atom stereocenters. The molecule has 2 heterocycles. The van der Waals surface area contributed by atoms with Crippen LogP contribution in [0.2, 0.25) is 0 Å². The highest BCUT2D eigenvalue weighted by Crippen LogP contribution is 2.36. The van der Waals surface area contributed by atoms with Gasteiger partial charge in [-0.25, -0.2) is 0 Å². The van der Waals surface area contributed by atoms with Crippen LogP contribution in [0.4, 0.5) is 0 Å². The SMILES string of the molecule is CCC1(C)CNC2(CCCCC2)CN1Cc1cnn(C)c1. The summed E-state index contributed by atoms with van der Waals surface area (Å²) in [6.45, 7) is 8.06. The minimum absolute atomic E-state index is 0.262. The normalized spacial score (nSPS) is 29.9. The fourth-order valence-electron chi connectivity index (χ4n) is 4.03. The molecule has 1 spiro atoms. The van der Waals surface area contributed by atoms with E-state index in [1.807, 2.05) is 17.9 Å². The van der Waals surface area contributed by atoms with Gasteiger partial charge in [0.25, 0.3) is 0 Å². The van der Waals surface area contributed by atoms with Gasteiger partial charge in [-0.1, -0.05) is 26.2 Å². The van der Waals surface area contributed by atoms with Crippen molar-refractivity contribution in [3.8, 4) is 0 Å². The summed E-state index contributed by atoms with van der Waals surface area (Å²) in [6, 6.07) is 0. The molecular weight excluding hydrogens is 260 g/mol. The second-order valence-electron chi connectivity index (χ2n) is 7.42. The number of hydrogen-bond acceptors (Lipinski definition) is 3. The van der Waals surface area contributed by atoms with Crippen LogP contribution in [0.15, 0.2) is 12.4 Å². The van der Waals surface area contributed by atoms with Crippen molar-refractivity contribution in [3.63, 3.8) is 0 Å². The lowest BCUT2D eigenvalue weighted by Crippen LogP contribution is -2.69. The Bertz CT molecular complexity index is 475. The lowest BCUT2D eigenvalue weighted by Gasteiger charge is -2.54. The minimum atomic E-state index is 0.262. The summed E-state index contributed by atoms with van der Waals surface area (Å²) in [7, 11) is 2.00. The van der Waals surface area contributed by atoms with Gasteiger partial charge in [0, 0.05) is 49.5 Å². The zero-order chi connectivity index (χ0) is 14.9. The van der Waals surface area contributed by atoms with E-state index in [2.05, 4.69) is 35.4 Å². The number of nitrogens with zero attached hydrogens (tertiary/aromatic N) is 3. The first-order valence-electron chi connectivity index (χ1n) is 8.53. The van der Waals surface area contributed by atoms with E-state index in [1.54, 1.807) is 0 Å². The topological polar surface area (TPSA) is 33.1 Å². The largest absolute Gasteiger partial charge is 0.308 e. The summed E-state index contributed by atoms with van der Waals surface area (Å²) >= 11 is 0. The van der Waals surface area contributed by atoms with E-state index in [9.17, 15) is 0 Å². The van der Waals surface area contributed by atoms with Crippen LogP contribution in [-0.2, 0) is 13.6 Å². The molecule has 0 bridgehead atoms. The molecule has 0 amide bonds. The molecule has 4 nitrogen and oxygen atoms in total. The number of aryl methyl sites for hydroxylation is 1. The second kappa shape index (κ2) is 5.73. The zero-order valence-electron chi connectivity index (χ0n) is 13.9. The smallest absolute Gasteiger partial charge is 0.0534 e. The van der Waals surface area contributed by atoms with E-state index in [0.717, 1.165) is 13.1 Å². The zero-order valence-corrected chi connectivity index (χ0v) is 13.9. The van der Waals surface area contributed by atoms with Gasteiger partial charge < -0.3 is 5.32 Å². The van der Waals surface area contributed by atoms with Crippen molar-refractivity contribution in [2.45, 2.75) is 70.0 Å². The number of aromatic nitrogens is 2. The van der Waals surface area contributed by atoms with Gasteiger partial charge in [-0.15, -0.1) is 0 Å². The molecule has 3 rings (SSSR count). The first-order valence-corrected chi connectivity index (χ1v) is 8.53. The van der Waals surface area contributed by atoms with Crippen molar-refractivity contribution in [3.05, 3.63) is 18.0 Å². The quantitative estimate of drug-likeness (QED) is 0.929. The van der Waals surface area contributed by atoms with Gasteiger partial charge in [-0.05, 0) is 26.2 Å². The van der Waals surface area contributed by atoms with Crippen molar-refractivity contribution in [1.82, 2.24) is 20.0 Å². The molecule has 1 aliphatic carbocycles. The summed E-state index contributed by atoms with van der Waals surface area (Å²) < 4.78 is 1.91. The van der Waals surface area contributed by atoms with Crippen molar-refractivity contribution in [2.75, 3.05) is 13.1 Å². The molecule has 2 aliphatic rings. The Kier molecular flexibility index (Phi) is 4.10. The number of hydrogen-bond donors (Lipinski definition) is 1. The molecule has 1 saturated carbocycles. The Balaban J connectivity index is 1.78. The van der Waals surface area contributed by atoms with Crippen LogP contribution in [-0.4, -0.2) is 38.8 Å². The van der Waals surface area contributed by atoms with Crippen LogP contribution in [0, 0.1) is 0 Å². The molecule has 1 saturated heterocycles. The fourth-order valence-corrected chi connectivity index (χ4v) is 4.03. The van der Waals surface area contributed by atoms with E-state index in [-0.39, 0.29) is 5.54 Å². The van der Waals surface area contributed by atoms with Gasteiger partial charge in [0.1, 0.15) is 0 Å². The Morgan fingerprint density at radius 1 is 1.29 bits per heavy atom. The highest BCUT2D eigenvalue weighted by Gasteiger charge is 2.44. The second-order valence-corrected chi connectivity index (χ2v) is 7.42. The number of rotatable bonds is 3. The molecule has 1 aromatic rings. The predicted octanol–water partition coefficient (Wildman–Crippen LogP) is 2.70. The van der Waals surface area contributed by atoms with Crippen LogP contribution in [0.3, 0.4) is 0 Å². The fraction of sp³-hybridized carbons (Fsp3) is 0.824. The Hall–Kier alpha value is -0.870. The van der Waals surface area contributed by atoms with E-state index in [0.29, 0.717) is 5.54 Å². The van der Waals surface area contributed by atoms with Crippen molar-refractivity contribution < 1.29 is 0 Å². The monoisotopic (exact) mass is 290 g/mol. The Labute approximate surface area is 128 Å². The molecule has 4 heteroatoms. The number of nitrogens with one attached hydrogen (secondary N) is 1. The van der Waals surface area contributed by atoms with Gasteiger partial charge in [0.2, 0.25) is 0 Å². The molecule has 1 N–H and O–H groups in total. The maximum absolute atomic E-state index is 4.33. The third-order valence-corrected chi connectivity index (χ3v) is 5.81. The van der Waals surface area contributed by atoms with Gasteiger partial charge in [-0.3, -0.25) is 9.58 Å².